The van der Waals surface area contributed by atoms with Crippen LogP contribution in [-0.2, 0) is 20.1 Å². The predicted molar refractivity (Wildman–Crippen MR) is 103 cm³/mol. The molecule has 0 unspecified atom stereocenters. The number of rotatable bonds is 5. The van der Waals surface area contributed by atoms with Crippen LogP contribution in [0.2, 0.25) is 0 Å². The van der Waals surface area contributed by atoms with Crippen LogP contribution in [0.1, 0.15) is 66.7 Å². The van der Waals surface area contributed by atoms with E-state index < -0.39 is 0 Å². The first kappa shape index (κ1) is 18.6. The van der Waals surface area contributed by atoms with Crippen LogP contribution in [0.4, 0.5) is 0 Å². The van der Waals surface area contributed by atoms with Gasteiger partial charge in [0.2, 0.25) is 0 Å². The molecule has 148 valence electrons. The molecule has 0 amide bonds. The summed E-state index contributed by atoms with van der Waals surface area (Å²) < 4.78 is 7.58. The molecule has 4 heterocycles. The first-order valence-corrected chi connectivity index (χ1v) is 10.4. The fourth-order valence-corrected chi connectivity index (χ4v) is 4.55. The summed E-state index contributed by atoms with van der Waals surface area (Å²) >= 11 is 0. The molecular weight excluding hydrogens is 340 g/mol. The first-order valence-electron chi connectivity index (χ1n) is 10.4. The van der Waals surface area contributed by atoms with Gasteiger partial charge in [0.1, 0.15) is 17.4 Å². The SMILES string of the molecule is Cc1noc(C)c1CN1CCC[C@H](c2nnc(CN3CCCCC3)n2C)C1. The van der Waals surface area contributed by atoms with E-state index >= 15 is 0 Å². The number of aromatic nitrogens is 4. The number of piperidine rings is 2. The van der Waals surface area contributed by atoms with Gasteiger partial charge in [-0.15, -0.1) is 10.2 Å². The molecule has 0 aliphatic carbocycles. The normalized spacial score (nSPS) is 22.4. The number of nitrogens with zero attached hydrogens (tertiary/aromatic N) is 6. The van der Waals surface area contributed by atoms with Crippen LogP contribution < -0.4 is 0 Å². The lowest BCUT2D eigenvalue weighted by Crippen LogP contribution is -2.35. The minimum absolute atomic E-state index is 0.451. The molecule has 2 aromatic rings. The predicted octanol–water partition coefficient (Wildman–Crippen LogP) is 2.79. The number of likely N-dealkylation sites (tertiary alicyclic amines) is 2. The third kappa shape index (κ3) is 4.09. The van der Waals surface area contributed by atoms with Crippen molar-refractivity contribution in [2.45, 2.75) is 65.0 Å². The second kappa shape index (κ2) is 8.10. The van der Waals surface area contributed by atoms with Crippen molar-refractivity contribution in [2.24, 2.45) is 7.05 Å². The van der Waals surface area contributed by atoms with E-state index in [1.165, 1.54) is 50.8 Å². The Balaban J connectivity index is 1.42. The van der Waals surface area contributed by atoms with Crippen LogP contribution in [0.3, 0.4) is 0 Å². The summed E-state index contributed by atoms with van der Waals surface area (Å²) in [4.78, 5) is 5.03. The highest BCUT2D eigenvalue weighted by molar-refractivity contribution is 5.20. The van der Waals surface area contributed by atoms with Gasteiger partial charge >= 0.3 is 0 Å². The zero-order valence-corrected chi connectivity index (χ0v) is 16.9. The fraction of sp³-hybridized carbons (Fsp3) is 0.750. The first-order chi connectivity index (χ1) is 13.1. The van der Waals surface area contributed by atoms with E-state index in [0.29, 0.717) is 5.92 Å². The van der Waals surface area contributed by atoms with Gasteiger partial charge in [-0.2, -0.15) is 0 Å². The molecule has 0 radical (unpaired) electrons. The Morgan fingerprint density at radius 3 is 2.48 bits per heavy atom. The molecule has 7 heteroatoms. The monoisotopic (exact) mass is 372 g/mol. The van der Waals surface area contributed by atoms with E-state index in [4.69, 9.17) is 4.52 Å². The van der Waals surface area contributed by atoms with Crippen LogP contribution >= 0.6 is 0 Å². The largest absolute Gasteiger partial charge is 0.361 e. The molecule has 0 spiro atoms. The van der Waals surface area contributed by atoms with E-state index in [9.17, 15) is 0 Å². The molecule has 1 atom stereocenters. The molecule has 2 aliphatic rings. The molecule has 2 aromatic heterocycles. The van der Waals surface area contributed by atoms with Crippen molar-refractivity contribution >= 4 is 0 Å². The van der Waals surface area contributed by atoms with Crippen LogP contribution in [0, 0.1) is 13.8 Å². The number of hydrogen-bond donors (Lipinski definition) is 0. The van der Waals surface area contributed by atoms with Crippen LogP contribution in [-0.4, -0.2) is 55.9 Å². The van der Waals surface area contributed by atoms with Gasteiger partial charge in [0.15, 0.2) is 0 Å². The highest BCUT2D eigenvalue weighted by Gasteiger charge is 2.27. The highest BCUT2D eigenvalue weighted by atomic mass is 16.5. The molecule has 2 fully saturated rings. The standard InChI is InChI=1S/C20H32N6O/c1-15-18(16(2)27-23-15)13-26-11-7-8-17(12-26)20-22-21-19(24(20)3)14-25-9-5-4-6-10-25/h17H,4-14H2,1-3H3/t17-/m0/s1. The van der Waals surface area contributed by atoms with Crippen molar-refractivity contribution in [1.82, 2.24) is 29.7 Å². The molecule has 0 aromatic carbocycles. The van der Waals surface area contributed by atoms with Crippen molar-refractivity contribution in [3.05, 3.63) is 28.7 Å². The summed E-state index contributed by atoms with van der Waals surface area (Å²) in [6.45, 7) is 10.4. The minimum atomic E-state index is 0.451. The lowest BCUT2D eigenvalue weighted by Gasteiger charge is -2.32. The van der Waals surface area contributed by atoms with E-state index in [1.54, 1.807) is 0 Å². The highest BCUT2D eigenvalue weighted by Crippen LogP contribution is 2.28. The molecule has 4 rings (SSSR count). The molecule has 2 saturated heterocycles. The third-order valence-electron chi connectivity index (χ3n) is 6.25. The molecular formula is C20H32N6O. The molecule has 7 nitrogen and oxygen atoms in total. The number of hydrogen-bond acceptors (Lipinski definition) is 6. The summed E-state index contributed by atoms with van der Waals surface area (Å²) in [6.07, 6.45) is 6.37. The minimum Gasteiger partial charge on any atom is -0.361 e. The Hall–Kier alpha value is -1.73. The second-order valence-electron chi connectivity index (χ2n) is 8.25. The smallest absolute Gasteiger partial charge is 0.146 e. The third-order valence-corrected chi connectivity index (χ3v) is 6.25. The maximum atomic E-state index is 5.34. The molecule has 0 bridgehead atoms. The van der Waals surface area contributed by atoms with Gasteiger partial charge in [-0.3, -0.25) is 9.80 Å². The van der Waals surface area contributed by atoms with Crippen molar-refractivity contribution < 1.29 is 4.52 Å². The Labute approximate surface area is 161 Å². The van der Waals surface area contributed by atoms with Gasteiger partial charge in [0, 0.05) is 31.6 Å². The van der Waals surface area contributed by atoms with Gasteiger partial charge in [-0.1, -0.05) is 11.6 Å². The summed E-state index contributed by atoms with van der Waals surface area (Å²) in [7, 11) is 2.14. The lowest BCUT2D eigenvalue weighted by molar-refractivity contribution is 0.193. The summed E-state index contributed by atoms with van der Waals surface area (Å²) in [5.74, 6) is 3.64. The Morgan fingerprint density at radius 2 is 1.74 bits per heavy atom. The van der Waals surface area contributed by atoms with Crippen molar-refractivity contribution in [3.8, 4) is 0 Å². The summed E-state index contributed by atoms with van der Waals surface area (Å²) in [5.41, 5.74) is 2.25. The average molecular weight is 373 g/mol. The van der Waals surface area contributed by atoms with Gasteiger partial charge in [-0.05, 0) is 59.2 Å². The van der Waals surface area contributed by atoms with Crippen LogP contribution in [0.15, 0.2) is 4.52 Å². The van der Waals surface area contributed by atoms with Crippen molar-refractivity contribution in [3.63, 3.8) is 0 Å². The van der Waals surface area contributed by atoms with Gasteiger partial charge in [-0.25, -0.2) is 0 Å². The van der Waals surface area contributed by atoms with E-state index in [-0.39, 0.29) is 0 Å². The van der Waals surface area contributed by atoms with Crippen molar-refractivity contribution in [2.75, 3.05) is 26.2 Å². The fourth-order valence-electron chi connectivity index (χ4n) is 4.55. The Bertz CT molecular complexity index is 741. The van der Waals surface area contributed by atoms with E-state index in [2.05, 4.69) is 36.8 Å². The average Bonchev–Trinajstić information content (AvgIpc) is 3.20. The zero-order chi connectivity index (χ0) is 18.8. The Morgan fingerprint density at radius 1 is 0.963 bits per heavy atom. The summed E-state index contributed by atoms with van der Waals surface area (Å²) in [6, 6.07) is 0. The molecule has 0 saturated carbocycles. The summed E-state index contributed by atoms with van der Waals surface area (Å²) in [5, 5.41) is 13.2. The maximum absolute atomic E-state index is 5.34. The molecule has 0 N–H and O–H groups in total. The zero-order valence-electron chi connectivity index (χ0n) is 16.9. The number of aryl methyl sites for hydroxylation is 2. The quantitative estimate of drug-likeness (QED) is 0.804. The van der Waals surface area contributed by atoms with Gasteiger partial charge in [0.25, 0.3) is 0 Å². The van der Waals surface area contributed by atoms with Crippen molar-refractivity contribution in [1.29, 1.82) is 0 Å². The van der Waals surface area contributed by atoms with Crippen LogP contribution in [0.25, 0.3) is 0 Å². The van der Waals surface area contributed by atoms with E-state index in [1.807, 2.05) is 13.8 Å². The van der Waals surface area contributed by atoms with E-state index in [0.717, 1.165) is 49.3 Å². The molecule has 2 aliphatic heterocycles. The maximum Gasteiger partial charge on any atom is 0.146 e. The van der Waals surface area contributed by atoms with Gasteiger partial charge in [0.05, 0.1) is 12.2 Å². The van der Waals surface area contributed by atoms with Crippen LogP contribution in [0.5, 0.6) is 0 Å². The molecule has 27 heavy (non-hydrogen) atoms. The van der Waals surface area contributed by atoms with Gasteiger partial charge < -0.3 is 9.09 Å². The topological polar surface area (TPSA) is 63.2 Å². The second-order valence-corrected chi connectivity index (χ2v) is 8.25. The Kier molecular flexibility index (Phi) is 5.59. The lowest BCUT2D eigenvalue weighted by atomic mass is 9.96.